The van der Waals surface area contributed by atoms with Crippen molar-refractivity contribution in [1.82, 2.24) is 4.98 Å². The van der Waals surface area contributed by atoms with Crippen molar-refractivity contribution in [2.24, 2.45) is 5.92 Å². The Morgan fingerprint density at radius 3 is 2.76 bits per heavy atom. The van der Waals surface area contributed by atoms with Gasteiger partial charge in [0.05, 0.1) is 0 Å². The van der Waals surface area contributed by atoms with Crippen molar-refractivity contribution in [3.63, 3.8) is 0 Å². The SMILES string of the molecule is CC1C(Br)CCC1c1cncc2ccccc12. The molecule has 0 amide bonds. The second kappa shape index (κ2) is 4.41. The third-order valence-corrected chi connectivity index (χ3v) is 5.35. The molecule has 0 saturated heterocycles. The number of rotatable bonds is 1. The van der Waals surface area contributed by atoms with Gasteiger partial charge in [-0.2, -0.15) is 0 Å². The molecule has 17 heavy (non-hydrogen) atoms. The molecule has 1 aliphatic rings. The Bertz CT molecular complexity index is 532. The molecule has 0 N–H and O–H groups in total. The molecule has 3 rings (SSSR count). The summed E-state index contributed by atoms with van der Waals surface area (Å²) < 4.78 is 0. The number of benzene rings is 1. The van der Waals surface area contributed by atoms with Gasteiger partial charge >= 0.3 is 0 Å². The number of nitrogens with zero attached hydrogens (tertiary/aromatic N) is 1. The minimum Gasteiger partial charge on any atom is -0.264 e. The van der Waals surface area contributed by atoms with Gasteiger partial charge in [0.1, 0.15) is 0 Å². The van der Waals surface area contributed by atoms with E-state index < -0.39 is 0 Å². The van der Waals surface area contributed by atoms with E-state index in [1.165, 1.54) is 29.2 Å². The van der Waals surface area contributed by atoms with E-state index in [1.54, 1.807) is 0 Å². The Morgan fingerprint density at radius 1 is 1.18 bits per heavy atom. The first kappa shape index (κ1) is 11.2. The highest BCUT2D eigenvalue weighted by Gasteiger charge is 2.32. The Labute approximate surface area is 110 Å². The molecule has 2 aromatic rings. The van der Waals surface area contributed by atoms with Gasteiger partial charge in [-0.15, -0.1) is 0 Å². The predicted octanol–water partition coefficient (Wildman–Crippen LogP) is 4.51. The lowest BCUT2D eigenvalue weighted by atomic mass is 9.88. The minimum atomic E-state index is 0.651. The minimum absolute atomic E-state index is 0.651. The third kappa shape index (κ3) is 1.89. The van der Waals surface area contributed by atoms with Gasteiger partial charge in [0.2, 0.25) is 0 Å². The maximum absolute atomic E-state index is 4.40. The molecule has 1 saturated carbocycles. The molecule has 1 nitrogen and oxygen atoms in total. The molecular weight excluding hydrogens is 274 g/mol. The second-order valence-corrected chi connectivity index (χ2v) is 6.18. The first-order valence-electron chi connectivity index (χ1n) is 6.24. The highest BCUT2D eigenvalue weighted by atomic mass is 79.9. The predicted molar refractivity (Wildman–Crippen MR) is 75.6 cm³/mol. The van der Waals surface area contributed by atoms with Crippen molar-refractivity contribution in [2.45, 2.75) is 30.5 Å². The number of halogens is 1. The van der Waals surface area contributed by atoms with Crippen LogP contribution in [0.3, 0.4) is 0 Å². The molecule has 0 radical (unpaired) electrons. The third-order valence-electron chi connectivity index (χ3n) is 4.06. The van der Waals surface area contributed by atoms with Gasteiger partial charge in [0.15, 0.2) is 0 Å². The Hall–Kier alpha value is -0.890. The zero-order chi connectivity index (χ0) is 11.8. The Morgan fingerprint density at radius 2 is 2.00 bits per heavy atom. The van der Waals surface area contributed by atoms with Crippen LogP contribution in [0, 0.1) is 5.92 Å². The molecule has 0 spiro atoms. The summed E-state index contributed by atoms with van der Waals surface area (Å²) in [5.41, 5.74) is 1.43. The number of pyridine rings is 1. The summed E-state index contributed by atoms with van der Waals surface area (Å²) in [6.07, 6.45) is 6.57. The lowest BCUT2D eigenvalue weighted by Gasteiger charge is -2.19. The summed E-state index contributed by atoms with van der Waals surface area (Å²) in [4.78, 5) is 5.06. The zero-order valence-corrected chi connectivity index (χ0v) is 11.5. The number of hydrogen-bond donors (Lipinski definition) is 0. The van der Waals surface area contributed by atoms with Crippen LogP contribution in [0.2, 0.25) is 0 Å². The number of hydrogen-bond acceptors (Lipinski definition) is 1. The molecule has 3 unspecified atom stereocenters. The van der Waals surface area contributed by atoms with Crippen LogP contribution in [0.5, 0.6) is 0 Å². The fraction of sp³-hybridized carbons (Fsp3) is 0.400. The van der Waals surface area contributed by atoms with E-state index in [2.05, 4.69) is 58.3 Å². The number of fused-ring (bicyclic) bond motifs is 1. The van der Waals surface area contributed by atoms with E-state index in [1.807, 2.05) is 6.20 Å². The maximum Gasteiger partial charge on any atom is 0.0346 e. The quantitative estimate of drug-likeness (QED) is 0.704. The first-order valence-corrected chi connectivity index (χ1v) is 7.15. The molecular formula is C15H16BrN. The summed E-state index contributed by atoms with van der Waals surface area (Å²) in [7, 11) is 0. The summed E-state index contributed by atoms with van der Waals surface area (Å²) in [5, 5.41) is 2.64. The average molecular weight is 290 g/mol. The normalized spacial score (nSPS) is 28.7. The molecule has 0 bridgehead atoms. The van der Waals surface area contributed by atoms with Gasteiger partial charge in [0.25, 0.3) is 0 Å². The molecule has 2 heteroatoms. The van der Waals surface area contributed by atoms with Crippen LogP contribution in [0.15, 0.2) is 36.7 Å². The lowest BCUT2D eigenvalue weighted by Crippen LogP contribution is -2.09. The van der Waals surface area contributed by atoms with Crippen molar-refractivity contribution < 1.29 is 0 Å². The zero-order valence-electron chi connectivity index (χ0n) is 9.94. The summed E-state index contributed by atoms with van der Waals surface area (Å²) in [5.74, 6) is 1.35. The molecule has 0 aliphatic heterocycles. The van der Waals surface area contributed by atoms with E-state index in [9.17, 15) is 0 Å². The van der Waals surface area contributed by atoms with Crippen molar-refractivity contribution in [2.75, 3.05) is 0 Å². The van der Waals surface area contributed by atoms with Crippen molar-refractivity contribution in [3.05, 3.63) is 42.2 Å². The summed E-state index contributed by atoms with van der Waals surface area (Å²) in [6.45, 7) is 2.35. The molecule has 1 aromatic heterocycles. The van der Waals surface area contributed by atoms with E-state index >= 15 is 0 Å². The van der Waals surface area contributed by atoms with Crippen LogP contribution in [0.4, 0.5) is 0 Å². The fourth-order valence-electron chi connectivity index (χ4n) is 2.99. The molecule has 3 atom stereocenters. The monoisotopic (exact) mass is 289 g/mol. The van der Waals surface area contributed by atoms with Gasteiger partial charge in [-0.1, -0.05) is 47.1 Å². The number of aromatic nitrogens is 1. The molecule has 1 aromatic carbocycles. The molecule has 1 fully saturated rings. The van der Waals surface area contributed by atoms with Crippen molar-refractivity contribution in [1.29, 1.82) is 0 Å². The van der Waals surface area contributed by atoms with E-state index in [-0.39, 0.29) is 0 Å². The maximum atomic E-state index is 4.40. The van der Waals surface area contributed by atoms with E-state index in [4.69, 9.17) is 0 Å². The highest BCUT2D eigenvalue weighted by Crippen LogP contribution is 2.44. The lowest BCUT2D eigenvalue weighted by molar-refractivity contribution is 0.546. The van der Waals surface area contributed by atoms with Crippen LogP contribution in [-0.2, 0) is 0 Å². The summed E-state index contributed by atoms with van der Waals surface area (Å²) in [6, 6.07) is 8.58. The Kier molecular flexibility index (Phi) is 2.91. The standard InChI is InChI=1S/C15H16BrN/c1-10-12(6-7-15(10)16)14-9-17-8-11-4-2-3-5-13(11)14/h2-5,8-10,12,15H,6-7H2,1H3. The fourth-order valence-corrected chi connectivity index (χ4v) is 3.62. The van der Waals surface area contributed by atoms with Crippen LogP contribution >= 0.6 is 15.9 Å². The average Bonchev–Trinajstić information content (AvgIpc) is 2.69. The number of alkyl halides is 1. The topological polar surface area (TPSA) is 12.9 Å². The molecule has 1 heterocycles. The highest BCUT2D eigenvalue weighted by molar-refractivity contribution is 9.09. The smallest absolute Gasteiger partial charge is 0.0346 e. The van der Waals surface area contributed by atoms with Crippen molar-refractivity contribution in [3.8, 4) is 0 Å². The van der Waals surface area contributed by atoms with E-state index in [0.717, 1.165) is 0 Å². The van der Waals surface area contributed by atoms with Crippen LogP contribution < -0.4 is 0 Å². The van der Waals surface area contributed by atoms with Gasteiger partial charge in [0, 0.05) is 22.6 Å². The van der Waals surface area contributed by atoms with Gasteiger partial charge < -0.3 is 0 Å². The Balaban J connectivity index is 2.11. The first-order chi connectivity index (χ1) is 8.27. The van der Waals surface area contributed by atoms with E-state index in [0.29, 0.717) is 16.7 Å². The van der Waals surface area contributed by atoms with Crippen LogP contribution in [-0.4, -0.2) is 9.81 Å². The molecule has 88 valence electrons. The van der Waals surface area contributed by atoms with Crippen LogP contribution in [0.25, 0.3) is 10.8 Å². The second-order valence-electron chi connectivity index (χ2n) is 5.01. The van der Waals surface area contributed by atoms with Crippen LogP contribution in [0.1, 0.15) is 31.2 Å². The van der Waals surface area contributed by atoms with Gasteiger partial charge in [-0.05, 0) is 35.6 Å². The summed E-state index contributed by atoms with van der Waals surface area (Å²) >= 11 is 3.78. The largest absolute Gasteiger partial charge is 0.264 e. The van der Waals surface area contributed by atoms with Gasteiger partial charge in [-0.3, -0.25) is 4.98 Å². The molecule has 1 aliphatic carbocycles. The van der Waals surface area contributed by atoms with Gasteiger partial charge in [-0.25, -0.2) is 0 Å². The van der Waals surface area contributed by atoms with Crippen molar-refractivity contribution >= 4 is 26.7 Å².